The largest absolute Gasteiger partial charge is 0.497 e. The summed E-state index contributed by atoms with van der Waals surface area (Å²) in [5, 5.41) is 12.2. The van der Waals surface area contributed by atoms with Crippen LogP contribution in [-0.4, -0.2) is 39.1 Å². The Bertz CT molecular complexity index is 803. The van der Waals surface area contributed by atoms with Crippen LogP contribution in [-0.2, 0) is 11.8 Å². The van der Waals surface area contributed by atoms with Crippen LogP contribution in [0, 0.1) is 0 Å². The van der Waals surface area contributed by atoms with E-state index in [-0.39, 0.29) is 17.3 Å². The van der Waals surface area contributed by atoms with Gasteiger partial charge in [-0.2, -0.15) is 0 Å². The zero-order valence-electron chi connectivity index (χ0n) is 17.6. The highest BCUT2D eigenvalue weighted by Gasteiger charge is 2.24. The molecule has 2 atom stereocenters. The predicted molar refractivity (Wildman–Crippen MR) is 113 cm³/mol. The molecule has 0 spiro atoms. The molecule has 0 aliphatic heterocycles. The number of carbonyl (C=O) groups is 1. The van der Waals surface area contributed by atoms with Gasteiger partial charge in [-0.25, -0.2) is 0 Å². The minimum absolute atomic E-state index is 0.0639. The summed E-state index contributed by atoms with van der Waals surface area (Å²) in [6, 6.07) is 7.74. The van der Waals surface area contributed by atoms with Gasteiger partial charge in [0.25, 0.3) is 0 Å². The van der Waals surface area contributed by atoms with Crippen molar-refractivity contribution in [2.45, 2.75) is 68.5 Å². The van der Waals surface area contributed by atoms with Gasteiger partial charge in [-0.05, 0) is 51.0 Å². The molecule has 3 rings (SSSR count). The number of benzene rings is 1. The van der Waals surface area contributed by atoms with Crippen molar-refractivity contribution in [3.63, 3.8) is 0 Å². The monoisotopic (exact) mass is 418 g/mol. The van der Waals surface area contributed by atoms with Gasteiger partial charge >= 0.3 is 0 Å². The predicted octanol–water partition coefficient (Wildman–Crippen LogP) is 3.89. The number of carbonyl (C=O) groups excluding carboxylic acids is 1. The van der Waals surface area contributed by atoms with Gasteiger partial charge < -0.3 is 19.4 Å². The van der Waals surface area contributed by atoms with Crippen molar-refractivity contribution in [2.24, 2.45) is 7.05 Å². The Kier molecular flexibility index (Phi) is 7.41. The number of ether oxygens (including phenoxy) is 2. The molecule has 1 fully saturated rings. The lowest BCUT2D eigenvalue weighted by atomic mass is 9.95. The first-order valence-electron chi connectivity index (χ1n) is 10.1. The molecule has 1 heterocycles. The number of hydrogen-bond donors (Lipinski definition) is 1. The standard InChI is InChI=1S/C21H30N4O3S/c1-14(28-18-12-10-17(27-4)11-13-18)19-23-24-21(25(19)3)29-15(2)20(26)22-16-8-6-5-7-9-16/h10-16H,5-9H2,1-4H3,(H,22,26). The van der Waals surface area contributed by atoms with E-state index in [1.807, 2.05) is 49.7 Å². The maximum Gasteiger partial charge on any atom is 0.233 e. The van der Waals surface area contributed by atoms with Crippen molar-refractivity contribution in [1.29, 1.82) is 0 Å². The van der Waals surface area contributed by atoms with E-state index in [1.54, 1.807) is 7.11 Å². The minimum atomic E-state index is -0.276. The molecule has 29 heavy (non-hydrogen) atoms. The number of rotatable bonds is 8. The topological polar surface area (TPSA) is 78.3 Å². The summed E-state index contributed by atoms with van der Waals surface area (Å²) in [5.41, 5.74) is 0. The second-order valence-corrected chi connectivity index (χ2v) is 8.75. The third-order valence-electron chi connectivity index (χ3n) is 5.21. The van der Waals surface area contributed by atoms with Crippen molar-refractivity contribution in [3.05, 3.63) is 30.1 Å². The summed E-state index contributed by atoms with van der Waals surface area (Å²) in [7, 11) is 3.53. The van der Waals surface area contributed by atoms with Crippen LogP contribution < -0.4 is 14.8 Å². The van der Waals surface area contributed by atoms with Gasteiger partial charge in [0.05, 0.1) is 12.4 Å². The first kappa shape index (κ1) is 21.5. The molecule has 1 N–H and O–H groups in total. The smallest absolute Gasteiger partial charge is 0.233 e. The van der Waals surface area contributed by atoms with E-state index in [2.05, 4.69) is 15.5 Å². The Labute approximate surface area is 176 Å². The molecule has 0 saturated heterocycles. The van der Waals surface area contributed by atoms with E-state index in [0.29, 0.717) is 17.0 Å². The molecule has 0 radical (unpaired) electrons. The molecular formula is C21H30N4O3S. The number of methoxy groups -OCH3 is 1. The highest BCUT2D eigenvalue weighted by atomic mass is 32.2. The van der Waals surface area contributed by atoms with Crippen molar-refractivity contribution in [2.75, 3.05) is 7.11 Å². The van der Waals surface area contributed by atoms with E-state index < -0.39 is 0 Å². The Hall–Kier alpha value is -2.22. The average Bonchev–Trinajstić information content (AvgIpc) is 3.09. The zero-order chi connectivity index (χ0) is 20.8. The molecule has 8 heteroatoms. The second kappa shape index (κ2) is 10.0. The lowest BCUT2D eigenvalue weighted by Crippen LogP contribution is -2.40. The molecule has 0 bridgehead atoms. The fourth-order valence-electron chi connectivity index (χ4n) is 3.47. The lowest BCUT2D eigenvalue weighted by molar-refractivity contribution is -0.121. The zero-order valence-corrected chi connectivity index (χ0v) is 18.4. The second-order valence-electron chi connectivity index (χ2n) is 7.44. The molecule has 1 amide bonds. The minimum Gasteiger partial charge on any atom is -0.497 e. The van der Waals surface area contributed by atoms with Crippen LogP contribution in [0.5, 0.6) is 11.5 Å². The van der Waals surface area contributed by atoms with Crippen LogP contribution in [0.2, 0.25) is 0 Å². The van der Waals surface area contributed by atoms with E-state index in [9.17, 15) is 4.79 Å². The van der Waals surface area contributed by atoms with Gasteiger partial charge in [-0.1, -0.05) is 31.0 Å². The Balaban J connectivity index is 1.57. The van der Waals surface area contributed by atoms with E-state index in [4.69, 9.17) is 9.47 Å². The molecular weight excluding hydrogens is 388 g/mol. The van der Waals surface area contributed by atoms with Gasteiger partial charge in [-0.15, -0.1) is 10.2 Å². The summed E-state index contributed by atoms with van der Waals surface area (Å²) in [6.07, 6.45) is 5.56. The number of aromatic nitrogens is 3. The fraction of sp³-hybridized carbons (Fsp3) is 0.571. The maximum atomic E-state index is 12.5. The van der Waals surface area contributed by atoms with Gasteiger partial charge in [0.15, 0.2) is 17.1 Å². The van der Waals surface area contributed by atoms with Crippen LogP contribution in [0.4, 0.5) is 0 Å². The average molecular weight is 419 g/mol. The number of thioether (sulfide) groups is 1. The van der Waals surface area contributed by atoms with Gasteiger partial charge in [0.1, 0.15) is 11.5 Å². The van der Waals surface area contributed by atoms with E-state index >= 15 is 0 Å². The Morgan fingerprint density at radius 3 is 2.45 bits per heavy atom. The molecule has 158 valence electrons. The third kappa shape index (κ3) is 5.65. The Morgan fingerprint density at radius 2 is 1.79 bits per heavy atom. The van der Waals surface area contributed by atoms with Gasteiger partial charge in [0, 0.05) is 13.1 Å². The van der Waals surface area contributed by atoms with E-state index in [1.165, 1.54) is 31.0 Å². The van der Waals surface area contributed by atoms with Crippen molar-refractivity contribution in [3.8, 4) is 11.5 Å². The van der Waals surface area contributed by atoms with Crippen molar-refractivity contribution in [1.82, 2.24) is 20.1 Å². The highest BCUT2D eigenvalue weighted by molar-refractivity contribution is 8.00. The molecule has 1 aromatic carbocycles. The van der Waals surface area contributed by atoms with Gasteiger partial charge in [0.2, 0.25) is 5.91 Å². The number of hydrogen-bond acceptors (Lipinski definition) is 6. The van der Waals surface area contributed by atoms with Crippen molar-refractivity contribution < 1.29 is 14.3 Å². The van der Waals surface area contributed by atoms with Crippen LogP contribution in [0.3, 0.4) is 0 Å². The van der Waals surface area contributed by atoms with Crippen LogP contribution in [0.1, 0.15) is 57.9 Å². The fourth-order valence-corrected chi connectivity index (χ4v) is 4.30. The quantitative estimate of drug-likeness (QED) is 0.655. The molecule has 1 aromatic heterocycles. The van der Waals surface area contributed by atoms with Crippen LogP contribution >= 0.6 is 11.8 Å². The van der Waals surface area contributed by atoms with Crippen LogP contribution in [0.15, 0.2) is 29.4 Å². The maximum absolute atomic E-state index is 12.5. The molecule has 7 nitrogen and oxygen atoms in total. The molecule has 2 unspecified atom stereocenters. The summed E-state index contributed by atoms with van der Waals surface area (Å²) < 4.78 is 13.0. The number of amides is 1. The summed E-state index contributed by atoms with van der Waals surface area (Å²) >= 11 is 1.42. The summed E-state index contributed by atoms with van der Waals surface area (Å²) in [5.74, 6) is 2.29. The highest BCUT2D eigenvalue weighted by Crippen LogP contribution is 2.27. The summed E-state index contributed by atoms with van der Waals surface area (Å²) in [4.78, 5) is 12.5. The normalized spacial score (nSPS) is 16.8. The van der Waals surface area contributed by atoms with Gasteiger partial charge in [-0.3, -0.25) is 4.79 Å². The summed E-state index contributed by atoms with van der Waals surface area (Å²) in [6.45, 7) is 3.84. The molecule has 2 aromatic rings. The molecule has 1 aliphatic carbocycles. The van der Waals surface area contributed by atoms with Crippen LogP contribution in [0.25, 0.3) is 0 Å². The molecule has 1 saturated carbocycles. The third-order valence-corrected chi connectivity index (χ3v) is 6.34. The first-order chi connectivity index (χ1) is 14.0. The number of nitrogens with zero attached hydrogens (tertiary/aromatic N) is 3. The SMILES string of the molecule is COc1ccc(OC(C)c2nnc(SC(C)C(=O)NC3CCCCC3)n2C)cc1. The Morgan fingerprint density at radius 1 is 1.14 bits per heavy atom. The van der Waals surface area contributed by atoms with Crippen molar-refractivity contribution >= 4 is 17.7 Å². The lowest BCUT2D eigenvalue weighted by Gasteiger charge is -2.24. The number of nitrogens with one attached hydrogen (secondary N) is 1. The first-order valence-corrected chi connectivity index (χ1v) is 11.0. The molecule has 1 aliphatic rings. The van der Waals surface area contributed by atoms with E-state index in [0.717, 1.165) is 24.3 Å².